The molecular weight excluding hydrogens is 170 g/mol. The highest BCUT2D eigenvalue weighted by molar-refractivity contribution is 5.23. The fraction of sp³-hybridized carbons (Fsp3) is 0.538. The van der Waals surface area contributed by atoms with E-state index in [1.165, 1.54) is 11.1 Å². The van der Waals surface area contributed by atoms with Crippen LogP contribution >= 0.6 is 0 Å². The summed E-state index contributed by atoms with van der Waals surface area (Å²) < 4.78 is 0. The number of aryl methyl sites for hydroxylation is 1. The van der Waals surface area contributed by atoms with Crippen LogP contribution in [0, 0.1) is 6.92 Å². The van der Waals surface area contributed by atoms with Crippen molar-refractivity contribution in [2.45, 2.75) is 39.8 Å². The van der Waals surface area contributed by atoms with Crippen molar-refractivity contribution in [3.63, 3.8) is 0 Å². The van der Waals surface area contributed by atoms with E-state index in [9.17, 15) is 0 Å². The standard InChI is InChI=1S/C13H21N/c1-10(2)14(5)12(4)13-8-6-11(3)7-9-13/h6-10,12H,1-5H3. The molecule has 1 unspecified atom stereocenters. The normalized spacial score (nSPS) is 13.6. The lowest BCUT2D eigenvalue weighted by molar-refractivity contribution is 0.210. The second kappa shape index (κ2) is 4.61. The average Bonchev–Trinajstić information content (AvgIpc) is 2.16. The van der Waals surface area contributed by atoms with Gasteiger partial charge in [0.15, 0.2) is 0 Å². The van der Waals surface area contributed by atoms with Crippen LogP contribution in [-0.4, -0.2) is 18.0 Å². The van der Waals surface area contributed by atoms with Gasteiger partial charge in [-0.2, -0.15) is 0 Å². The molecule has 0 aliphatic rings. The highest BCUT2D eigenvalue weighted by atomic mass is 15.1. The molecule has 78 valence electrons. The van der Waals surface area contributed by atoms with Gasteiger partial charge in [0.25, 0.3) is 0 Å². The number of hydrogen-bond acceptors (Lipinski definition) is 1. The van der Waals surface area contributed by atoms with Crippen LogP contribution < -0.4 is 0 Å². The van der Waals surface area contributed by atoms with Crippen LogP contribution in [0.2, 0.25) is 0 Å². The Morgan fingerprint density at radius 3 is 1.93 bits per heavy atom. The first-order chi connectivity index (χ1) is 6.52. The predicted octanol–water partition coefficient (Wildman–Crippen LogP) is 3.40. The minimum absolute atomic E-state index is 0.496. The second-order valence-electron chi connectivity index (χ2n) is 4.35. The minimum atomic E-state index is 0.496. The molecule has 1 heteroatoms. The number of benzene rings is 1. The van der Waals surface area contributed by atoms with Crippen molar-refractivity contribution in [2.24, 2.45) is 0 Å². The Bertz CT molecular complexity index is 274. The van der Waals surface area contributed by atoms with Crippen LogP contribution in [0.25, 0.3) is 0 Å². The molecule has 0 amide bonds. The molecule has 0 aliphatic heterocycles. The molecule has 0 radical (unpaired) electrons. The first-order valence-electron chi connectivity index (χ1n) is 5.31. The minimum Gasteiger partial charge on any atom is -0.297 e. The molecule has 0 fully saturated rings. The third-order valence-corrected chi connectivity index (χ3v) is 2.99. The zero-order chi connectivity index (χ0) is 10.7. The quantitative estimate of drug-likeness (QED) is 0.708. The molecule has 1 aromatic rings. The van der Waals surface area contributed by atoms with Crippen LogP contribution in [-0.2, 0) is 0 Å². The predicted molar refractivity (Wildman–Crippen MR) is 62.5 cm³/mol. The van der Waals surface area contributed by atoms with Crippen molar-refractivity contribution < 1.29 is 0 Å². The monoisotopic (exact) mass is 191 g/mol. The van der Waals surface area contributed by atoms with Crippen molar-refractivity contribution >= 4 is 0 Å². The lowest BCUT2D eigenvalue weighted by Crippen LogP contribution is -2.29. The molecule has 0 saturated carbocycles. The number of nitrogens with zero attached hydrogens (tertiary/aromatic N) is 1. The first kappa shape index (κ1) is 11.3. The summed E-state index contributed by atoms with van der Waals surface area (Å²) in [5, 5.41) is 0. The second-order valence-corrected chi connectivity index (χ2v) is 4.35. The molecule has 0 bridgehead atoms. The van der Waals surface area contributed by atoms with E-state index in [4.69, 9.17) is 0 Å². The van der Waals surface area contributed by atoms with Crippen LogP contribution in [0.3, 0.4) is 0 Å². The van der Waals surface area contributed by atoms with E-state index < -0.39 is 0 Å². The van der Waals surface area contributed by atoms with E-state index in [2.05, 4.69) is 63.9 Å². The molecule has 1 nitrogen and oxygen atoms in total. The highest BCUT2D eigenvalue weighted by Crippen LogP contribution is 2.20. The van der Waals surface area contributed by atoms with Gasteiger partial charge in [-0.25, -0.2) is 0 Å². The number of hydrogen-bond donors (Lipinski definition) is 0. The molecular formula is C13H21N. The Morgan fingerprint density at radius 2 is 1.50 bits per heavy atom. The maximum absolute atomic E-state index is 2.38. The molecule has 1 rings (SSSR count). The smallest absolute Gasteiger partial charge is 0.0319 e. The van der Waals surface area contributed by atoms with E-state index in [0.29, 0.717) is 12.1 Å². The summed E-state index contributed by atoms with van der Waals surface area (Å²) in [6.07, 6.45) is 0. The Kier molecular flexibility index (Phi) is 3.70. The maximum atomic E-state index is 2.38. The van der Waals surface area contributed by atoms with Crippen LogP contribution in [0.5, 0.6) is 0 Å². The van der Waals surface area contributed by atoms with Crippen molar-refractivity contribution in [1.29, 1.82) is 0 Å². The van der Waals surface area contributed by atoms with Gasteiger partial charge in [0, 0.05) is 12.1 Å². The fourth-order valence-corrected chi connectivity index (χ4v) is 1.53. The zero-order valence-corrected chi connectivity index (χ0v) is 9.91. The van der Waals surface area contributed by atoms with E-state index in [1.54, 1.807) is 0 Å². The summed E-state index contributed by atoms with van der Waals surface area (Å²) in [6.45, 7) is 8.83. The summed E-state index contributed by atoms with van der Waals surface area (Å²) in [5.74, 6) is 0. The van der Waals surface area contributed by atoms with Gasteiger partial charge in [0.2, 0.25) is 0 Å². The van der Waals surface area contributed by atoms with Crippen LogP contribution in [0.1, 0.15) is 37.9 Å². The molecule has 14 heavy (non-hydrogen) atoms. The van der Waals surface area contributed by atoms with E-state index >= 15 is 0 Å². The van der Waals surface area contributed by atoms with Gasteiger partial charge < -0.3 is 0 Å². The van der Waals surface area contributed by atoms with Gasteiger partial charge in [-0.3, -0.25) is 4.90 Å². The number of rotatable bonds is 3. The Hall–Kier alpha value is -0.820. The average molecular weight is 191 g/mol. The van der Waals surface area contributed by atoms with Crippen LogP contribution in [0.15, 0.2) is 24.3 Å². The Labute approximate surface area is 87.7 Å². The molecule has 1 atom stereocenters. The van der Waals surface area contributed by atoms with Gasteiger partial charge in [-0.15, -0.1) is 0 Å². The molecule has 0 spiro atoms. The largest absolute Gasteiger partial charge is 0.297 e. The van der Waals surface area contributed by atoms with Gasteiger partial charge in [0.1, 0.15) is 0 Å². The molecule has 0 aliphatic carbocycles. The third kappa shape index (κ3) is 2.58. The van der Waals surface area contributed by atoms with E-state index in [-0.39, 0.29) is 0 Å². The topological polar surface area (TPSA) is 3.24 Å². The summed E-state index contributed by atoms with van der Waals surface area (Å²) in [4.78, 5) is 2.38. The lowest BCUT2D eigenvalue weighted by atomic mass is 10.0. The molecule has 0 heterocycles. The summed E-state index contributed by atoms with van der Waals surface area (Å²) >= 11 is 0. The van der Waals surface area contributed by atoms with Crippen molar-refractivity contribution in [1.82, 2.24) is 4.90 Å². The van der Waals surface area contributed by atoms with Gasteiger partial charge in [-0.05, 0) is 40.3 Å². The third-order valence-electron chi connectivity index (χ3n) is 2.99. The van der Waals surface area contributed by atoms with Gasteiger partial charge >= 0.3 is 0 Å². The maximum Gasteiger partial charge on any atom is 0.0319 e. The van der Waals surface area contributed by atoms with Gasteiger partial charge in [0.05, 0.1) is 0 Å². The molecule has 0 saturated heterocycles. The van der Waals surface area contributed by atoms with Crippen molar-refractivity contribution in [2.75, 3.05) is 7.05 Å². The SMILES string of the molecule is Cc1ccc(C(C)N(C)C(C)C)cc1. The lowest BCUT2D eigenvalue weighted by Gasteiger charge is -2.28. The van der Waals surface area contributed by atoms with Gasteiger partial charge in [-0.1, -0.05) is 29.8 Å². The summed E-state index contributed by atoms with van der Waals surface area (Å²) in [5.41, 5.74) is 2.72. The Balaban J connectivity index is 2.78. The summed E-state index contributed by atoms with van der Waals surface area (Å²) in [7, 11) is 2.18. The molecule has 0 N–H and O–H groups in total. The van der Waals surface area contributed by atoms with Crippen molar-refractivity contribution in [3.05, 3.63) is 35.4 Å². The van der Waals surface area contributed by atoms with E-state index in [1.807, 2.05) is 0 Å². The first-order valence-corrected chi connectivity index (χ1v) is 5.31. The Morgan fingerprint density at radius 1 is 1.00 bits per heavy atom. The fourth-order valence-electron chi connectivity index (χ4n) is 1.53. The molecule has 1 aromatic carbocycles. The highest BCUT2D eigenvalue weighted by Gasteiger charge is 2.13. The van der Waals surface area contributed by atoms with E-state index in [0.717, 1.165) is 0 Å². The zero-order valence-electron chi connectivity index (χ0n) is 9.91. The van der Waals surface area contributed by atoms with Crippen LogP contribution in [0.4, 0.5) is 0 Å². The summed E-state index contributed by atoms with van der Waals surface area (Å²) in [6, 6.07) is 9.89. The molecule has 0 aromatic heterocycles. The van der Waals surface area contributed by atoms with Crippen molar-refractivity contribution in [3.8, 4) is 0 Å².